The van der Waals surface area contributed by atoms with Crippen LogP contribution in [-0.2, 0) is 12.7 Å². The first kappa shape index (κ1) is 15.6. The molecule has 4 nitrogen and oxygen atoms in total. The molecule has 7 heteroatoms. The minimum atomic E-state index is -1.96. The molecule has 1 aliphatic heterocycles. The van der Waals surface area contributed by atoms with Crippen LogP contribution in [0.15, 0.2) is 24.4 Å². The molecule has 0 radical (unpaired) electrons. The van der Waals surface area contributed by atoms with Crippen molar-refractivity contribution >= 4 is 5.91 Å². The van der Waals surface area contributed by atoms with E-state index < -0.39 is 17.3 Å². The highest BCUT2D eigenvalue weighted by Crippen LogP contribution is 2.37. The van der Waals surface area contributed by atoms with E-state index in [0.717, 1.165) is 12.1 Å². The van der Waals surface area contributed by atoms with E-state index in [-0.39, 0.29) is 36.7 Å². The molecule has 0 aliphatic carbocycles. The maximum absolute atomic E-state index is 15.1. The van der Waals surface area contributed by atoms with Crippen LogP contribution in [-0.4, -0.2) is 33.7 Å². The van der Waals surface area contributed by atoms with Gasteiger partial charge in [-0.2, -0.15) is 5.10 Å². The lowest BCUT2D eigenvalue weighted by Gasteiger charge is -2.21. The van der Waals surface area contributed by atoms with Crippen molar-refractivity contribution in [2.45, 2.75) is 19.0 Å². The normalized spacial score (nSPS) is 21.0. The number of carbonyl (C=O) groups excluding carboxylic acids is 1. The zero-order chi connectivity index (χ0) is 16.8. The Hall–Kier alpha value is -2.31. The number of amides is 1. The third kappa shape index (κ3) is 2.83. The van der Waals surface area contributed by atoms with Gasteiger partial charge in [0.25, 0.3) is 5.91 Å². The molecule has 0 N–H and O–H groups in total. The number of hydrogen-bond acceptors (Lipinski definition) is 2. The summed E-state index contributed by atoms with van der Waals surface area (Å²) in [7, 11) is 1.70. The highest BCUT2D eigenvalue weighted by Gasteiger charge is 2.43. The molecular weight excluding hydrogens is 307 g/mol. The minimum Gasteiger partial charge on any atom is -0.334 e. The van der Waals surface area contributed by atoms with Gasteiger partial charge in [-0.1, -0.05) is 0 Å². The molecule has 1 atom stereocenters. The van der Waals surface area contributed by atoms with Crippen LogP contribution in [0, 0.1) is 18.6 Å². The molecule has 3 rings (SSSR count). The number of halogens is 3. The maximum Gasteiger partial charge on any atom is 0.274 e. The Morgan fingerprint density at radius 2 is 1.91 bits per heavy atom. The van der Waals surface area contributed by atoms with Gasteiger partial charge >= 0.3 is 0 Å². The molecule has 1 aromatic heterocycles. The van der Waals surface area contributed by atoms with Crippen molar-refractivity contribution in [3.8, 4) is 0 Å². The second-order valence-electron chi connectivity index (χ2n) is 5.93. The van der Waals surface area contributed by atoms with E-state index >= 15 is 4.39 Å². The smallest absolute Gasteiger partial charge is 0.274 e. The van der Waals surface area contributed by atoms with Crippen LogP contribution in [0.4, 0.5) is 13.2 Å². The predicted molar refractivity (Wildman–Crippen MR) is 77.6 cm³/mol. The third-order valence-corrected chi connectivity index (χ3v) is 4.10. The fourth-order valence-corrected chi connectivity index (χ4v) is 2.96. The number of carbonyl (C=O) groups is 1. The molecule has 1 aliphatic rings. The Morgan fingerprint density at radius 1 is 1.26 bits per heavy atom. The van der Waals surface area contributed by atoms with Gasteiger partial charge < -0.3 is 4.90 Å². The molecule has 1 unspecified atom stereocenters. The summed E-state index contributed by atoms with van der Waals surface area (Å²) in [6.07, 6.45) is 1.70. The molecule has 0 saturated carbocycles. The topological polar surface area (TPSA) is 38.1 Å². The number of alkyl halides is 1. The average Bonchev–Trinajstić information content (AvgIpc) is 3.01. The van der Waals surface area contributed by atoms with Crippen molar-refractivity contribution in [2.24, 2.45) is 7.05 Å². The van der Waals surface area contributed by atoms with Crippen LogP contribution in [0.1, 0.15) is 28.0 Å². The first-order chi connectivity index (χ1) is 10.8. The largest absolute Gasteiger partial charge is 0.334 e. The van der Waals surface area contributed by atoms with Gasteiger partial charge in [-0.15, -0.1) is 0 Å². The summed E-state index contributed by atoms with van der Waals surface area (Å²) in [4.78, 5) is 13.8. The number of rotatable bonds is 2. The SMILES string of the molecule is Cc1cn(C)nc1C(=O)N1CCC(F)(c2cc(F)cc(F)c2)C1. The summed E-state index contributed by atoms with van der Waals surface area (Å²) >= 11 is 0. The monoisotopic (exact) mass is 323 g/mol. The summed E-state index contributed by atoms with van der Waals surface area (Å²) in [5.74, 6) is -2.04. The quantitative estimate of drug-likeness (QED) is 0.852. The van der Waals surface area contributed by atoms with Gasteiger partial charge in [-0.05, 0) is 24.6 Å². The van der Waals surface area contributed by atoms with Crippen molar-refractivity contribution in [2.75, 3.05) is 13.1 Å². The van der Waals surface area contributed by atoms with E-state index in [1.54, 1.807) is 20.2 Å². The summed E-state index contributed by atoms with van der Waals surface area (Å²) < 4.78 is 43.3. The average molecular weight is 323 g/mol. The predicted octanol–water partition coefficient (Wildman–Crippen LogP) is 2.72. The molecule has 0 spiro atoms. The Morgan fingerprint density at radius 3 is 2.48 bits per heavy atom. The Bertz CT molecular complexity index is 754. The number of aryl methyl sites for hydroxylation is 2. The van der Waals surface area contributed by atoms with Gasteiger partial charge in [-0.25, -0.2) is 13.2 Å². The van der Waals surface area contributed by atoms with Gasteiger partial charge in [0.05, 0.1) is 6.54 Å². The van der Waals surface area contributed by atoms with Crippen molar-refractivity contribution in [3.63, 3.8) is 0 Å². The molecule has 122 valence electrons. The highest BCUT2D eigenvalue weighted by atomic mass is 19.1. The van der Waals surface area contributed by atoms with Crippen LogP contribution in [0.2, 0.25) is 0 Å². The zero-order valence-corrected chi connectivity index (χ0v) is 12.8. The second-order valence-corrected chi connectivity index (χ2v) is 5.93. The highest BCUT2D eigenvalue weighted by molar-refractivity contribution is 5.93. The van der Waals surface area contributed by atoms with Crippen molar-refractivity contribution < 1.29 is 18.0 Å². The number of likely N-dealkylation sites (tertiary alicyclic amines) is 1. The summed E-state index contributed by atoms with van der Waals surface area (Å²) in [6, 6.07) is 2.65. The molecule has 23 heavy (non-hydrogen) atoms. The number of aromatic nitrogens is 2. The van der Waals surface area contributed by atoms with E-state index in [1.165, 1.54) is 9.58 Å². The van der Waals surface area contributed by atoms with E-state index in [9.17, 15) is 13.6 Å². The molecule has 2 heterocycles. The first-order valence-corrected chi connectivity index (χ1v) is 7.23. The Labute approximate surface area is 131 Å². The number of benzene rings is 1. The molecule has 1 amide bonds. The standard InChI is InChI=1S/C16H16F3N3O/c1-10-8-21(2)20-14(10)15(23)22-4-3-16(19,9-22)11-5-12(17)7-13(18)6-11/h5-8H,3-4,9H2,1-2H3. The van der Waals surface area contributed by atoms with Crippen LogP contribution in [0.25, 0.3) is 0 Å². The van der Waals surface area contributed by atoms with Gasteiger partial charge in [0.1, 0.15) is 11.6 Å². The van der Waals surface area contributed by atoms with Crippen LogP contribution in [0.5, 0.6) is 0 Å². The van der Waals surface area contributed by atoms with Gasteiger partial charge in [0.2, 0.25) is 0 Å². The third-order valence-electron chi connectivity index (χ3n) is 4.10. The zero-order valence-electron chi connectivity index (χ0n) is 12.8. The number of nitrogens with zero attached hydrogens (tertiary/aromatic N) is 3. The fourth-order valence-electron chi connectivity index (χ4n) is 2.96. The summed E-state index contributed by atoms with van der Waals surface area (Å²) in [5.41, 5.74) is -1.07. The molecule has 2 aromatic rings. The molecule has 0 bridgehead atoms. The van der Waals surface area contributed by atoms with Crippen LogP contribution in [0.3, 0.4) is 0 Å². The fraction of sp³-hybridized carbons (Fsp3) is 0.375. The minimum absolute atomic E-state index is 0.00643. The lowest BCUT2D eigenvalue weighted by Crippen LogP contribution is -2.33. The Balaban J connectivity index is 1.85. The van der Waals surface area contributed by atoms with E-state index in [0.29, 0.717) is 11.6 Å². The van der Waals surface area contributed by atoms with Crippen molar-refractivity contribution in [1.29, 1.82) is 0 Å². The lowest BCUT2D eigenvalue weighted by molar-refractivity contribution is 0.0743. The second kappa shape index (κ2) is 5.40. The molecule has 1 fully saturated rings. The van der Waals surface area contributed by atoms with E-state index in [4.69, 9.17) is 0 Å². The Kier molecular flexibility index (Phi) is 3.66. The number of hydrogen-bond donors (Lipinski definition) is 0. The molecule has 1 saturated heterocycles. The van der Waals surface area contributed by atoms with E-state index in [2.05, 4.69) is 5.10 Å². The van der Waals surface area contributed by atoms with Crippen LogP contribution >= 0.6 is 0 Å². The van der Waals surface area contributed by atoms with Crippen molar-refractivity contribution in [1.82, 2.24) is 14.7 Å². The maximum atomic E-state index is 15.1. The van der Waals surface area contributed by atoms with Crippen molar-refractivity contribution in [3.05, 3.63) is 52.9 Å². The molecular formula is C16H16F3N3O. The van der Waals surface area contributed by atoms with Crippen LogP contribution < -0.4 is 0 Å². The van der Waals surface area contributed by atoms with Gasteiger partial charge in [0, 0.05) is 37.8 Å². The van der Waals surface area contributed by atoms with E-state index in [1.807, 2.05) is 0 Å². The van der Waals surface area contributed by atoms with Gasteiger partial charge in [-0.3, -0.25) is 9.48 Å². The lowest BCUT2D eigenvalue weighted by atomic mass is 9.95. The summed E-state index contributed by atoms with van der Waals surface area (Å²) in [6.45, 7) is 1.68. The molecule has 1 aromatic carbocycles. The summed E-state index contributed by atoms with van der Waals surface area (Å²) in [5, 5.41) is 4.09. The first-order valence-electron chi connectivity index (χ1n) is 7.23. The van der Waals surface area contributed by atoms with Gasteiger partial charge in [0.15, 0.2) is 11.4 Å².